The van der Waals surface area contributed by atoms with Gasteiger partial charge >= 0.3 is 0 Å². The first-order valence-corrected chi connectivity index (χ1v) is 10.7. The van der Waals surface area contributed by atoms with E-state index in [0.717, 1.165) is 12.0 Å². The van der Waals surface area contributed by atoms with Crippen LogP contribution in [0, 0.1) is 0 Å². The number of hydrogen-bond donors (Lipinski definition) is 1. The van der Waals surface area contributed by atoms with E-state index in [0.29, 0.717) is 23.8 Å². The lowest BCUT2D eigenvalue weighted by atomic mass is 9.96. The van der Waals surface area contributed by atoms with Crippen molar-refractivity contribution in [3.8, 4) is 11.5 Å². The first-order valence-electron chi connectivity index (χ1n) is 9.26. The van der Waals surface area contributed by atoms with E-state index < -0.39 is 10.0 Å². The summed E-state index contributed by atoms with van der Waals surface area (Å²) in [6.45, 7) is 6.26. The highest BCUT2D eigenvalue weighted by Gasteiger charge is 2.20. The molecule has 0 radical (unpaired) electrons. The van der Waals surface area contributed by atoms with Gasteiger partial charge in [-0.15, -0.1) is 0 Å². The minimum absolute atomic E-state index is 0.0272. The molecule has 0 spiro atoms. The van der Waals surface area contributed by atoms with Crippen LogP contribution in [0.3, 0.4) is 0 Å². The van der Waals surface area contributed by atoms with E-state index >= 15 is 0 Å². The molecule has 0 bridgehead atoms. The van der Waals surface area contributed by atoms with E-state index in [1.54, 1.807) is 12.1 Å². The molecule has 152 valence electrons. The maximum absolute atomic E-state index is 12.8. The smallest absolute Gasteiger partial charge is 0.280 e. The number of nitrogens with one attached hydrogen (secondary N) is 1. The number of hydrogen-bond acceptors (Lipinski definition) is 5. The van der Waals surface area contributed by atoms with Crippen molar-refractivity contribution in [1.82, 2.24) is 4.83 Å². The van der Waals surface area contributed by atoms with Crippen LogP contribution in [0.4, 0.5) is 0 Å². The molecule has 0 aliphatic rings. The van der Waals surface area contributed by atoms with Gasteiger partial charge in [0, 0.05) is 6.07 Å². The molecule has 0 unspecified atom stereocenters. The molecule has 6 nitrogen and oxygen atoms in total. The Kier molecular flexibility index (Phi) is 7.45. The Morgan fingerprint density at radius 3 is 2.29 bits per heavy atom. The Hall–Kier alpha value is -2.54. The van der Waals surface area contributed by atoms with Gasteiger partial charge in [-0.2, -0.15) is 18.4 Å². The maximum Gasteiger partial charge on any atom is 0.280 e. The van der Waals surface area contributed by atoms with Crippen molar-refractivity contribution in [3.63, 3.8) is 0 Å². The molecule has 2 aromatic rings. The molecule has 0 aliphatic heterocycles. The average molecular weight is 405 g/mol. The molecule has 0 saturated carbocycles. The standard InChI is InChI=1S/C21H28N2O4S/c1-6-15(3)16-8-10-17(11-9-16)19(7-2)22-23-28(24,25)21-14-18(26-4)12-13-20(21)27-5/h8-15,23H,6-7H2,1-5H3/b22-19+/t15-/m0/s1. The molecule has 7 heteroatoms. The number of hydrazone groups is 1. The second-order valence-corrected chi connectivity index (χ2v) is 8.08. The van der Waals surface area contributed by atoms with Crippen molar-refractivity contribution in [2.75, 3.05) is 14.2 Å². The molecule has 1 atom stereocenters. The summed E-state index contributed by atoms with van der Waals surface area (Å²) < 4.78 is 35.8. The lowest BCUT2D eigenvalue weighted by Gasteiger charge is -2.12. The molecule has 0 amide bonds. The molecule has 0 fully saturated rings. The van der Waals surface area contributed by atoms with Crippen molar-refractivity contribution < 1.29 is 17.9 Å². The minimum atomic E-state index is -3.92. The normalized spacial score (nSPS) is 13.1. The fourth-order valence-corrected chi connectivity index (χ4v) is 3.76. The topological polar surface area (TPSA) is 77.0 Å². The zero-order chi connectivity index (χ0) is 20.7. The fraction of sp³-hybridized carbons (Fsp3) is 0.381. The van der Waals surface area contributed by atoms with Crippen molar-refractivity contribution in [2.24, 2.45) is 5.10 Å². The number of nitrogens with zero attached hydrogens (tertiary/aromatic N) is 1. The Morgan fingerprint density at radius 1 is 1.07 bits per heavy atom. The van der Waals surface area contributed by atoms with Gasteiger partial charge in [-0.3, -0.25) is 0 Å². The monoisotopic (exact) mass is 404 g/mol. The van der Waals surface area contributed by atoms with Crippen molar-refractivity contribution in [1.29, 1.82) is 0 Å². The Morgan fingerprint density at radius 2 is 1.75 bits per heavy atom. The van der Waals surface area contributed by atoms with E-state index in [1.807, 2.05) is 19.1 Å². The second kappa shape index (κ2) is 9.59. The quantitative estimate of drug-likeness (QED) is 0.499. The highest BCUT2D eigenvalue weighted by Crippen LogP contribution is 2.28. The van der Waals surface area contributed by atoms with Gasteiger partial charge in [0.2, 0.25) is 0 Å². The van der Waals surface area contributed by atoms with Crippen LogP contribution in [0.25, 0.3) is 0 Å². The summed E-state index contributed by atoms with van der Waals surface area (Å²) in [4.78, 5) is 2.30. The fourth-order valence-electron chi connectivity index (χ4n) is 2.75. The molecule has 0 heterocycles. The summed E-state index contributed by atoms with van der Waals surface area (Å²) in [5.74, 6) is 1.12. The molecule has 1 N–H and O–H groups in total. The van der Waals surface area contributed by atoms with Crippen LogP contribution in [0.2, 0.25) is 0 Å². The van der Waals surface area contributed by atoms with Crippen LogP contribution in [0.5, 0.6) is 11.5 Å². The first kappa shape index (κ1) is 21.8. The SMILES string of the molecule is CC/C(=N\NS(=O)(=O)c1cc(OC)ccc1OC)c1ccc([C@@H](C)CC)cc1. The largest absolute Gasteiger partial charge is 0.497 e. The van der Waals surface area contributed by atoms with E-state index in [2.05, 4.69) is 35.9 Å². The molecule has 0 aromatic heterocycles. The molecule has 2 rings (SSSR count). The molecule has 0 aliphatic carbocycles. The highest BCUT2D eigenvalue weighted by atomic mass is 32.2. The molecular weight excluding hydrogens is 376 g/mol. The predicted octanol–water partition coefficient (Wildman–Crippen LogP) is 4.31. The van der Waals surface area contributed by atoms with E-state index in [1.165, 1.54) is 25.8 Å². The lowest BCUT2D eigenvalue weighted by molar-refractivity contribution is 0.392. The van der Waals surface area contributed by atoms with Gasteiger partial charge in [0.15, 0.2) is 0 Å². The third kappa shape index (κ3) is 5.04. The lowest BCUT2D eigenvalue weighted by Crippen LogP contribution is -2.21. The van der Waals surface area contributed by atoms with E-state index in [4.69, 9.17) is 9.47 Å². The Labute approximate surface area is 167 Å². The zero-order valence-corrected chi connectivity index (χ0v) is 17.8. The third-order valence-electron chi connectivity index (χ3n) is 4.72. The van der Waals surface area contributed by atoms with Crippen molar-refractivity contribution >= 4 is 15.7 Å². The summed E-state index contributed by atoms with van der Waals surface area (Å²) in [5, 5.41) is 4.17. The van der Waals surface area contributed by atoms with Gasteiger partial charge < -0.3 is 9.47 Å². The third-order valence-corrected chi connectivity index (χ3v) is 5.95. The summed E-state index contributed by atoms with van der Waals surface area (Å²) in [6.07, 6.45) is 1.65. The van der Waals surface area contributed by atoms with Gasteiger partial charge in [0.25, 0.3) is 10.0 Å². The van der Waals surface area contributed by atoms with Gasteiger partial charge in [-0.25, -0.2) is 0 Å². The van der Waals surface area contributed by atoms with E-state index in [9.17, 15) is 8.42 Å². The highest BCUT2D eigenvalue weighted by molar-refractivity contribution is 7.89. The van der Waals surface area contributed by atoms with Gasteiger partial charge in [0.1, 0.15) is 16.4 Å². The predicted molar refractivity (Wildman–Crippen MR) is 112 cm³/mol. The number of methoxy groups -OCH3 is 2. The zero-order valence-electron chi connectivity index (χ0n) is 17.0. The summed E-state index contributed by atoms with van der Waals surface area (Å²) >= 11 is 0. The number of sulfonamides is 1. The van der Waals surface area contributed by atoms with Crippen molar-refractivity contribution in [2.45, 2.75) is 44.4 Å². The van der Waals surface area contributed by atoms with Crippen LogP contribution in [-0.4, -0.2) is 28.3 Å². The van der Waals surface area contributed by atoms with Crippen molar-refractivity contribution in [3.05, 3.63) is 53.6 Å². The Bertz CT molecular complexity index is 922. The van der Waals surface area contributed by atoms with Gasteiger partial charge in [-0.1, -0.05) is 45.0 Å². The molecule has 2 aromatic carbocycles. The van der Waals surface area contributed by atoms with Crippen LogP contribution in [0.15, 0.2) is 52.5 Å². The van der Waals surface area contributed by atoms with Crippen LogP contribution in [-0.2, 0) is 10.0 Å². The first-order chi connectivity index (χ1) is 13.4. The Balaban J connectivity index is 2.31. The second-order valence-electron chi connectivity index (χ2n) is 6.45. The van der Waals surface area contributed by atoms with Crippen LogP contribution < -0.4 is 14.3 Å². The minimum Gasteiger partial charge on any atom is -0.497 e. The summed E-state index contributed by atoms with van der Waals surface area (Å²) in [5.41, 5.74) is 2.79. The molecule has 0 saturated heterocycles. The average Bonchev–Trinajstić information content (AvgIpc) is 2.73. The maximum atomic E-state index is 12.8. The van der Waals surface area contributed by atoms with E-state index in [-0.39, 0.29) is 10.6 Å². The summed E-state index contributed by atoms with van der Waals surface area (Å²) in [6, 6.07) is 12.7. The molecular formula is C21H28N2O4S. The van der Waals surface area contributed by atoms with Gasteiger partial charge in [-0.05, 0) is 42.0 Å². The number of ether oxygens (including phenoxy) is 2. The van der Waals surface area contributed by atoms with Gasteiger partial charge in [0.05, 0.1) is 19.9 Å². The van der Waals surface area contributed by atoms with Crippen LogP contribution >= 0.6 is 0 Å². The number of rotatable bonds is 9. The summed E-state index contributed by atoms with van der Waals surface area (Å²) in [7, 11) is -1.03. The number of benzene rings is 2. The molecule has 28 heavy (non-hydrogen) atoms. The van der Waals surface area contributed by atoms with Crippen LogP contribution in [0.1, 0.15) is 50.7 Å².